The molecule has 3 unspecified atom stereocenters. The fourth-order valence-corrected chi connectivity index (χ4v) is 3.87. The fraction of sp³-hybridized carbons (Fsp3) is 0.625. The summed E-state index contributed by atoms with van der Waals surface area (Å²) in [6, 6.07) is 9.82. The van der Waals surface area contributed by atoms with Crippen molar-refractivity contribution in [3.63, 3.8) is 0 Å². The van der Waals surface area contributed by atoms with Gasteiger partial charge in [-0.05, 0) is 5.75 Å². The highest BCUT2D eigenvalue weighted by molar-refractivity contribution is 7.99. The second-order valence-electron chi connectivity index (χ2n) is 5.52. The number of aliphatic hydroxyl groups is 1. The first-order valence-electron chi connectivity index (χ1n) is 7.48. The molecular formula is C16H22O4S. The van der Waals surface area contributed by atoms with Crippen LogP contribution in [0.3, 0.4) is 0 Å². The van der Waals surface area contributed by atoms with E-state index in [9.17, 15) is 5.11 Å². The predicted molar refractivity (Wildman–Crippen MR) is 82.0 cm³/mol. The third kappa shape index (κ3) is 3.12. The lowest BCUT2D eigenvalue weighted by atomic mass is 9.93. The molecule has 0 bridgehead atoms. The Morgan fingerprint density at radius 3 is 2.71 bits per heavy atom. The Hall–Kier alpha value is -0.590. The molecule has 0 aliphatic carbocycles. The molecule has 1 N–H and O–H groups in total. The zero-order chi connectivity index (χ0) is 14.8. The van der Waals surface area contributed by atoms with Crippen LogP contribution < -0.4 is 0 Å². The average molecular weight is 310 g/mol. The Morgan fingerprint density at radius 1 is 1.24 bits per heavy atom. The minimum atomic E-state index is -0.525. The van der Waals surface area contributed by atoms with Gasteiger partial charge in [0.2, 0.25) is 0 Å². The van der Waals surface area contributed by atoms with Crippen molar-refractivity contribution in [3.05, 3.63) is 35.9 Å². The molecule has 0 saturated carbocycles. The SMILES string of the molecule is CCS[C@@H]1OC2COC(c3ccccc3)O[C@@H]2[C@H](O)C1C. The quantitative estimate of drug-likeness (QED) is 0.930. The van der Waals surface area contributed by atoms with Crippen molar-refractivity contribution in [1.82, 2.24) is 0 Å². The lowest BCUT2D eigenvalue weighted by molar-refractivity contribution is -0.311. The van der Waals surface area contributed by atoms with Gasteiger partial charge in [-0.25, -0.2) is 0 Å². The Labute approximate surface area is 129 Å². The highest BCUT2D eigenvalue weighted by Gasteiger charge is 2.47. The maximum atomic E-state index is 10.6. The molecule has 0 aromatic heterocycles. The standard InChI is InChI=1S/C16H22O4S/c1-3-21-16-10(2)13(17)14-12(19-16)9-18-15(20-14)11-7-5-4-6-8-11/h4-8,10,12-17H,3,9H2,1-2H3/t10?,12?,13-,14+,15?,16+/m1/s1. The first-order chi connectivity index (χ1) is 10.2. The minimum absolute atomic E-state index is 0.00623. The summed E-state index contributed by atoms with van der Waals surface area (Å²) in [6.45, 7) is 4.57. The molecular weight excluding hydrogens is 288 g/mol. The second kappa shape index (κ2) is 6.67. The van der Waals surface area contributed by atoms with Crippen LogP contribution >= 0.6 is 11.8 Å². The molecule has 2 aliphatic rings. The minimum Gasteiger partial charge on any atom is -0.390 e. The summed E-state index contributed by atoms with van der Waals surface area (Å²) in [5.41, 5.74) is 0.979. The normalized spacial score (nSPS) is 39.8. The molecule has 5 heteroatoms. The second-order valence-corrected chi connectivity index (χ2v) is 6.90. The number of hydrogen-bond acceptors (Lipinski definition) is 5. The van der Waals surface area contributed by atoms with Gasteiger partial charge < -0.3 is 19.3 Å². The summed E-state index contributed by atoms with van der Waals surface area (Å²) in [4.78, 5) is 0. The molecule has 21 heavy (non-hydrogen) atoms. The Balaban J connectivity index is 1.71. The largest absolute Gasteiger partial charge is 0.390 e. The van der Waals surface area contributed by atoms with Gasteiger partial charge in [-0.1, -0.05) is 44.2 Å². The van der Waals surface area contributed by atoms with Gasteiger partial charge in [0.15, 0.2) is 6.29 Å². The van der Waals surface area contributed by atoms with Gasteiger partial charge in [-0.3, -0.25) is 0 Å². The van der Waals surface area contributed by atoms with E-state index in [1.807, 2.05) is 37.3 Å². The third-order valence-electron chi connectivity index (χ3n) is 4.08. The number of thioether (sulfide) groups is 1. The topological polar surface area (TPSA) is 47.9 Å². The first-order valence-corrected chi connectivity index (χ1v) is 8.52. The van der Waals surface area contributed by atoms with Crippen molar-refractivity contribution in [2.75, 3.05) is 12.4 Å². The molecule has 4 nitrogen and oxygen atoms in total. The van der Waals surface area contributed by atoms with Gasteiger partial charge in [0, 0.05) is 11.5 Å². The number of aliphatic hydroxyl groups excluding tert-OH is 1. The van der Waals surface area contributed by atoms with Gasteiger partial charge in [-0.2, -0.15) is 0 Å². The van der Waals surface area contributed by atoms with Crippen LogP contribution in [0, 0.1) is 5.92 Å². The number of fused-ring (bicyclic) bond motifs is 1. The maximum Gasteiger partial charge on any atom is 0.184 e. The van der Waals surface area contributed by atoms with Crippen molar-refractivity contribution < 1.29 is 19.3 Å². The summed E-state index contributed by atoms with van der Waals surface area (Å²) in [5.74, 6) is 1.01. The third-order valence-corrected chi connectivity index (χ3v) is 5.28. The Bertz CT molecular complexity index is 453. The van der Waals surface area contributed by atoms with Crippen LogP contribution in [0.4, 0.5) is 0 Å². The maximum absolute atomic E-state index is 10.6. The Morgan fingerprint density at radius 2 is 2.00 bits per heavy atom. The van der Waals surface area contributed by atoms with E-state index in [1.54, 1.807) is 11.8 Å². The number of hydrogen-bond donors (Lipinski definition) is 1. The smallest absolute Gasteiger partial charge is 0.184 e. The van der Waals surface area contributed by atoms with Crippen LogP contribution in [0.15, 0.2) is 30.3 Å². The van der Waals surface area contributed by atoms with Gasteiger partial charge in [0.05, 0.1) is 12.7 Å². The molecule has 1 aromatic carbocycles. The summed E-state index contributed by atoms with van der Waals surface area (Å²) in [5, 5.41) is 10.6. The van der Waals surface area contributed by atoms with Gasteiger partial charge in [0.1, 0.15) is 17.6 Å². The monoisotopic (exact) mass is 310 g/mol. The van der Waals surface area contributed by atoms with E-state index >= 15 is 0 Å². The molecule has 0 radical (unpaired) electrons. The molecule has 0 spiro atoms. The summed E-state index contributed by atoms with van der Waals surface area (Å²) in [6.07, 6.45) is -1.47. The molecule has 2 aliphatic heterocycles. The van der Waals surface area contributed by atoms with Crippen LogP contribution in [-0.4, -0.2) is 41.2 Å². The van der Waals surface area contributed by atoms with E-state index < -0.39 is 12.4 Å². The van der Waals surface area contributed by atoms with Gasteiger partial charge in [-0.15, -0.1) is 11.8 Å². The van der Waals surface area contributed by atoms with E-state index in [0.29, 0.717) is 6.61 Å². The molecule has 6 atom stereocenters. The van der Waals surface area contributed by atoms with Gasteiger partial charge in [0.25, 0.3) is 0 Å². The predicted octanol–water partition coefficient (Wildman–Crippen LogP) is 2.58. The van der Waals surface area contributed by atoms with Crippen molar-refractivity contribution >= 4 is 11.8 Å². The molecule has 0 amide bonds. The van der Waals surface area contributed by atoms with Crippen molar-refractivity contribution in [1.29, 1.82) is 0 Å². The van der Waals surface area contributed by atoms with Gasteiger partial charge >= 0.3 is 0 Å². The highest BCUT2D eigenvalue weighted by atomic mass is 32.2. The van der Waals surface area contributed by atoms with Crippen LogP contribution in [0.25, 0.3) is 0 Å². The van der Waals surface area contributed by atoms with Crippen molar-refractivity contribution in [2.24, 2.45) is 5.92 Å². The fourth-order valence-electron chi connectivity index (χ4n) is 2.86. The van der Waals surface area contributed by atoms with Crippen LogP contribution in [0.1, 0.15) is 25.7 Å². The lowest BCUT2D eigenvalue weighted by Crippen LogP contribution is -2.57. The molecule has 1 aromatic rings. The average Bonchev–Trinajstić information content (AvgIpc) is 2.53. The summed E-state index contributed by atoms with van der Waals surface area (Å²) >= 11 is 1.72. The van der Waals surface area contributed by atoms with E-state index in [0.717, 1.165) is 11.3 Å². The van der Waals surface area contributed by atoms with E-state index in [1.165, 1.54) is 0 Å². The summed E-state index contributed by atoms with van der Waals surface area (Å²) < 4.78 is 17.8. The van der Waals surface area contributed by atoms with Crippen LogP contribution in [0.5, 0.6) is 0 Å². The zero-order valence-electron chi connectivity index (χ0n) is 12.3. The Kier molecular flexibility index (Phi) is 4.86. The molecule has 2 fully saturated rings. The van der Waals surface area contributed by atoms with E-state index in [2.05, 4.69) is 6.92 Å². The van der Waals surface area contributed by atoms with Crippen molar-refractivity contribution in [3.8, 4) is 0 Å². The molecule has 2 saturated heterocycles. The first kappa shape index (κ1) is 15.3. The zero-order valence-corrected chi connectivity index (χ0v) is 13.2. The molecule has 3 rings (SSSR count). The molecule has 2 heterocycles. The van der Waals surface area contributed by atoms with Crippen LogP contribution in [0.2, 0.25) is 0 Å². The van der Waals surface area contributed by atoms with Crippen molar-refractivity contribution in [2.45, 2.75) is 43.9 Å². The lowest BCUT2D eigenvalue weighted by Gasteiger charge is -2.47. The highest BCUT2D eigenvalue weighted by Crippen LogP contribution is 2.39. The van der Waals surface area contributed by atoms with Crippen LogP contribution in [-0.2, 0) is 14.2 Å². The number of ether oxygens (including phenoxy) is 3. The van der Waals surface area contributed by atoms with E-state index in [-0.39, 0.29) is 23.6 Å². The number of benzene rings is 1. The van der Waals surface area contributed by atoms with E-state index in [4.69, 9.17) is 14.2 Å². The molecule has 116 valence electrons. The number of rotatable bonds is 3. The summed E-state index contributed by atoms with van der Waals surface area (Å²) in [7, 11) is 0.